The van der Waals surface area contributed by atoms with E-state index >= 15 is 0 Å². The molecule has 1 rings (SSSR count). The van der Waals surface area contributed by atoms with Gasteiger partial charge in [0.05, 0.1) is 5.69 Å². The fourth-order valence-electron chi connectivity index (χ4n) is 0.648. The Morgan fingerprint density at radius 1 is 1.30 bits per heavy atom. The average Bonchev–Trinajstić information content (AvgIpc) is 1.82. The van der Waals surface area contributed by atoms with Gasteiger partial charge in [0.2, 0.25) is 0 Å². The maximum atomic E-state index is 5.69. The van der Waals surface area contributed by atoms with Crippen molar-refractivity contribution in [1.82, 2.24) is 0 Å². The van der Waals surface area contributed by atoms with E-state index in [-0.39, 0.29) is 0 Å². The molecule has 2 N–H and O–H groups in total. The summed E-state index contributed by atoms with van der Waals surface area (Å²) < 4.78 is 1.75. The van der Waals surface area contributed by atoms with E-state index < -0.39 is 0 Å². The molecule has 0 amide bonds. The third kappa shape index (κ3) is 1.33. The van der Waals surface area contributed by atoms with Crippen molar-refractivity contribution in [3.63, 3.8) is 0 Å². The van der Waals surface area contributed by atoms with E-state index in [0.717, 1.165) is 0 Å². The number of hydrogen-bond acceptors (Lipinski definition) is 1. The van der Waals surface area contributed by atoms with Crippen molar-refractivity contribution in [2.75, 3.05) is 5.73 Å². The minimum absolute atomic E-state index is 0.432. The number of aromatic nitrogens is 1. The van der Waals surface area contributed by atoms with Crippen molar-refractivity contribution in [2.45, 2.75) is 0 Å². The highest BCUT2D eigenvalue weighted by Crippen LogP contribution is 2.23. The largest absolute Gasteiger partial charge is 0.396 e. The van der Waals surface area contributed by atoms with E-state index in [2.05, 4.69) is 0 Å². The van der Waals surface area contributed by atoms with Crippen LogP contribution >= 0.6 is 23.2 Å². The summed E-state index contributed by atoms with van der Waals surface area (Å²) in [6.45, 7) is 0. The summed E-state index contributed by atoms with van der Waals surface area (Å²) >= 11 is 11.4. The van der Waals surface area contributed by atoms with E-state index in [4.69, 9.17) is 28.9 Å². The Balaban J connectivity index is 3.31. The van der Waals surface area contributed by atoms with Gasteiger partial charge in [0.1, 0.15) is 17.1 Å². The van der Waals surface area contributed by atoms with Gasteiger partial charge in [0.25, 0.3) is 0 Å². The van der Waals surface area contributed by atoms with E-state index in [0.29, 0.717) is 15.7 Å². The van der Waals surface area contributed by atoms with Gasteiger partial charge in [0.15, 0.2) is 12.4 Å². The number of rotatable bonds is 0. The molecule has 0 atom stereocenters. The molecular formula is C6H7Cl2N2+. The molecule has 0 aromatic carbocycles. The zero-order chi connectivity index (χ0) is 7.72. The smallest absolute Gasteiger partial charge is 0.189 e. The molecule has 0 radical (unpaired) electrons. The minimum Gasteiger partial charge on any atom is -0.396 e. The third-order valence-electron chi connectivity index (χ3n) is 1.15. The van der Waals surface area contributed by atoms with Gasteiger partial charge in [0, 0.05) is 0 Å². The summed E-state index contributed by atoms with van der Waals surface area (Å²) in [5.41, 5.74) is 5.91. The summed E-state index contributed by atoms with van der Waals surface area (Å²) in [5.74, 6) is 0. The van der Waals surface area contributed by atoms with Crippen molar-refractivity contribution in [3.05, 3.63) is 22.4 Å². The summed E-state index contributed by atoms with van der Waals surface area (Å²) in [7, 11) is 1.83. The number of pyridine rings is 1. The second-order valence-electron chi connectivity index (χ2n) is 2.03. The second kappa shape index (κ2) is 2.64. The average molecular weight is 178 g/mol. The van der Waals surface area contributed by atoms with Crippen molar-refractivity contribution in [3.8, 4) is 0 Å². The van der Waals surface area contributed by atoms with Crippen LogP contribution in [0.25, 0.3) is 0 Å². The first-order valence-corrected chi connectivity index (χ1v) is 3.46. The van der Waals surface area contributed by atoms with E-state index in [1.807, 2.05) is 7.05 Å². The lowest BCUT2D eigenvalue weighted by Crippen LogP contribution is -2.27. The summed E-state index contributed by atoms with van der Waals surface area (Å²) in [6.07, 6.45) is 3.39. The first-order chi connectivity index (χ1) is 4.61. The highest BCUT2D eigenvalue weighted by molar-refractivity contribution is 6.38. The van der Waals surface area contributed by atoms with Crippen LogP contribution in [0.15, 0.2) is 12.4 Å². The fourth-order valence-corrected chi connectivity index (χ4v) is 1.21. The standard InChI is InChI=1S/C6H6Cl2N2/c1-10-2-4(7)6(9)5(8)3-10/h2-3,9H,1H3/p+1. The van der Waals surface area contributed by atoms with Crippen molar-refractivity contribution in [1.29, 1.82) is 0 Å². The second-order valence-corrected chi connectivity index (χ2v) is 2.85. The number of nitrogens with zero attached hydrogens (tertiary/aromatic N) is 1. The Bertz CT molecular complexity index is 237. The Kier molecular flexibility index (Phi) is 2.02. The van der Waals surface area contributed by atoms with Crippen LogP contribution in [-0.4, -0.2) is 0 Å². The number of aryl methyl sites for hydroxylation is 1. The molecule has 2 nitrogen and oxygen atoms in total. The lowest BCUT2D eigenvalue weighted by atomic mass is 10.4. The summed E-state index contributed by atoms with van der Waals surface area (Å²) in [6, 6.07) is 0. The van der Waals surface area contributed by atoms with Crippen LogP contribution in [0.3, 0.4) is 0 Å². The molecule has 0 aliphatic rings. The number of hydrogen-bond donors (Lipinski definition) is 1. The third-order valence-corrected chi connectivity index (χ3v) is 1.75. The molecule has 0 aliphatic heterocycles. The Labute approximate surface area is 69.2 Å². The van der Waals surface area contributed by atoms with E-state index in [1.54, 1.807) is 17.0 Å². The van der Waals surface area contributed by atoms with Crippen LogP contribution in [-0.2, 0) is 7.05 Å². The molecule has 1 aromatic heterocycles. The zero-order valence-electron chi connectivity index (χ0n) is 5.44. The van der Waals surface area contributed by atoms with Crippen molar-refractivity contribution >= 4 is 28.9 Å². The normalized spacial score (nSPS) is 9.90. The van der Waals surface area contributed by atoms with Crippen molar-refractivity contribution < 1.29 is 4.57 Å². The molecule has 4 heteroatoms. The highest BCUT2D eigenvalue weighted by atomic mass is 35.5. The van der Waals surface area contributed by atoms with Gasteiger partial charge in [-0.15, -0.1) is 0 Å². The predicted octanol–water partition coefficient (Wildman–Crippen LogP) is 1.40. The van der Waals surface area contributed by atoms with Gasteiger partial charge < -0.3 is 5.73 Å². The van der Waals surface area contributed by atoms with Gasteiger partial charge in [-0.2, -0.15) is 0 Å². The quantitative estimate of drug-likeness (QED) is 0.598. The van der Waals surface area contributed by atoms with Crippen LogP contribution in [0.4, 0.5) is 5.69 Å². The molecule has 10 heavy (non-hydrogen) atoms. The SMILES string of the molecule is C[n+]1cc(Cl)c(N)c(Cl)c1. The molecule has 0 bridgehead atoms. The lowest BCUT2D eigenvalue weighted by Gasteiger charge is -1.96. The van der Waals surface area contributed by atoms with Gasteiger partial charge in [-0.05, 0) is 0 Å². The maximum Gasteiger partial charge on any atom is 0.189 e. The predicted molar refractivity (Wildman–Crippen MR) is 42.1 cm³/mol. The van der Waals surface area contributed by atoms with Gasteiger partial charge in [-0.3, -0.25) is 0 Å². The lowest BCUT2D eigenvalue weighted by molar-refractivity contribution is -0.671. The van der Waals surface area contributed by atoms with E-state index in [1.165, 1.54) is 0 Å². The number of halogens is 2. The molecule has 0 aliphatic carbocycles. The molecule has 0 unspecified atom stereocenters. The monoisotopic (exact) mass is 177 g/mol. The summed E-state index contributed by atoms with van der Waals surface area (Å²) in [4.78, 5) is 0. The molecule has 1 aromatic rings. The van der Waals surface area contributed by atoms with Crippen LogP contribution < -0.4 is 10.3 Å². The Morgan fingerprint density at radius 2 is 1.70 bits per heavy atom. The number of nitrogens with two attached hydrogens (primary N) is 1. The zero-order valence-corrected chi connectivity index (χ0v) is 6.95. The Morgan fingerprint density at radius 3 is 2.10 bits per heavy atom. The topological polar surface area (TPSA) is 29.9 Å². The van der Waals surface area contributed by atoms with Crippen molar-refractivity contribution in [2.24, 2.45) is 7.05 Å². The molecule has 1 heterocycles. The first kappa shape index (κ1) is 7.63. The Hall–Kier alpha value is -0.470. The van der Waals surface area contributed by atoms with Crippen LogP contribution in [0.2, 0.25) is 10.0 Å². The maximum absolute atomic E-state index is 5.69. The van der Waals surface area contributed by atoms with Gasteiger partial charge in [-0.1, -0.05) is 23.2 Å². The first-order valence-electron chi connectivity index (χ1n) is 2.71. The molecule has 0 saturated heterocycles. The molecule has 0 saturated carbocycles. The van der Waals surface area contributed by atoms with Crippen LogP contribution in [0.5, 0.6) is 0 Å². The van der Waals surface area contributed by atoms with Crippen LogP contribution in [0.1, 0.15) is 0 Å². The molecule has 0 fully saturated rings. The summed E-state index contributed by atoms with van der Waals surface area (Å²) in [5, 5.41) is 0.963. The molecular weight excluding hydrogens is 171 g/mol. The molecule has 54 valence electrons. The number of nitrogen functional groups attached to an aromatic ring is 1. The van der Waals surface area contributed by atoms with Crippen LogP contribution in [0, 0.1) is 0 Å². The van der Waals surface area contributed by atoms with E-state index in [9.17, 15) is 0 Å². The fraction of sp³-hybridized carbons (Fsp3) is 0.167. The van der Waals surface area contributed by atoms with Gasteiger partial charge in [-0.25, -0.2) is 4.57 Å². The minimum atomic E-state index is 0.432. The molecule has 0 spiro atoms. The van der Waals surface area contributed by atoms with Gasteiger partial charge >= 0.3 is 0 Å². The number of anilines is 1. The highest BCUT2D eigenvalue weighted by Gasteiger charge is 2.06.